The van der Waals surface area contributed by atoms with Crippen molar-refractivity contribution in [2.24, 2.45) is 17.1 Å². The van der Waals surface area contributed by atoms with E-state index in [4.69, 9.17) is 10.5 Å². The number of ketones is 1. The van der Waals surface area contributed by atoms with E-state index >= 15 is 0 Å². The number of piperazine rings is 1. The van der Waals surface area contributed by atoms with E-state index in [-0.39, 0.29) is 30.3 Å². The fraction of sp³-hybridized carbons (Fsp3) is 0.640. The first-order valence-electron chi connectivity index (χ1n) is 11.8. The summed E-state index contributed by atoms with van der Waals surface area (Å²) in [4.78, 5) is 45.3. The maximum absolute atomic E-state index is 14.1. The number of ether oxygens (including phenoxy) is 1. The minimum absolute atomic E-state index is 0.0494. The standard InChI is InChI=1S/C25H36N4O4/c1-15-13-29(21-19(30)14-33-22(15)21)24(32)20(25(2,3)4)18-12-16(6-7-17(18)23(26)31)28-10-8-27(5)9-11-28/h6-7,12,15,20-22H,8-11,13-14H2,1-5H3,(H2,26,31)/t15-,20+,21-,22-/m1/s1. The van der Waals surface area contributed by atoms with E-state index in [0.29, 0.717) is 17.7 Å². The second kappa shape index (κ2) is 8.72. The molecule has 0 saturated carbocycles. The molecule has 1 aromatic carbocycles. The molecule has 33 heavy (non-hydrogen) atoms. The summed E-state index contributed by atoms with van der Waals surface area (Å²) in [6.07, 6.45) is -0.255. The highest BCUT2D eigenvalue weighted by Crippen LogP contribution is 2.42. The summed E-state index contributed by atoms with van der Waals surface area (Å²) in [5, 5.41) is 0. The Morgan fingerprint density at radius 3 is 2.42 bits per heavy atom. The predicted octanol–water partition coefficient (Wildman–Crippen LogP) is 1.48. The molecule has 8 heteroatoms. The normalized spacial score (nSPS) is 27.1. The molecule has 0 radical (unpaired) electrons. The number of amides is 2. The molecule has 4 rings (SSSR count). The van der Waals surface area contributed by atoms with Crippen molar-refractivity contribution in [1.82, 2.24) is 9.80 Å². The van der Waals surface area contributed by atoms with Gasteiger partial charge in [0.15, 0.2) is 5.78 Å². The number of hydrogen-bond donors (Lipinski definition) is 1. The molecular weight excluding hydrogens is 420 g/mol. The summed E-state index contributed by atoms with van der Waals surface area (Å²) >= 11 is 0. The molecule has 2 N–H and O–H groups in total. The van der Waals surface area contributed by atoms with Crippen molar-refractivity contribution >= 4 is 23.3 Å². The molecule has 0 aliphatic carbocycles. The van der Waals surface area contributed by atoms with Gasteiger partial charge in [-0.15, -0.1) is 0 Å². The maximum Gasteiger partial charge on any atom is 0.249 e. The van der Waals surface area contributed by atoms with Crippen LogP contribution < -0.4 is 10.6 Å². The van der Waals surface area contributed by atoms with Crippen LogP contribution in [0.25, 0.3) is 0 Å². The smallest absolute Gasteiger partial charge is 0.249 e. The number of hydrogen-bond acceptors (Lipinski definition) is 6. The monoisotopic (exact) mass is 456 g/mol. The first kappa shape index (κ1) is 23.7. The van der Waals surface area contributed by atoms with Gasteiger partial charge in [-0.3, -0.25) is 14.4 Å². The van der Waals surface area contributed by atoms with Crippen LogP contribution in [-0.4, -0.2) is 85.9 Å². The number of nitrogens with zero attached hydrogens (tertiary/aromatic N) is 3. The Balaban J connectivity index is 1.75. The van der Waals surface area contributed by atoms with E-state index in [1.807, 2.05) is 39.8 Å². The highest BCUT2D eigenvalue weighted by Gasteiger charge is 2.52. The van der Waals surface area contributed by atoms with Gasteiger partial charge in [-0.05, 0) is 36.2 Å². The second-order valence-electron chi connectivity index (χ2n) is 10.9. The third kappa shape index (κ3) is 4.38. The number of likely N-dealkylation sites (tertiary alicyclic amines) is 1. The van der Waals surface area contributed by atoms with Gasteiger partial charge >= 0.3 is 0 Å². The van der Waals surface area contributed by atoms with Crippen LogP contribution in [0, 0.1) is 11.3 Å². The lowest BCUT2D eigenvalue weighted by atomic mass is 9.73. The minimum Gasteiger partial charge on any atom is -0.369 e. The number of benzene rings is 1. The van der Waals surface area contributed by atoms with Gasteiger partial charge in [0.25, 0.3) is 0 Å². The molecule has 4 atom stereocenters. The van der Waals surface area contributed by atoms with Crippen molar-refractivity contribution in [2.75, 3.05) is 51.3 Å². The lowest BCUT2D eigenvalue weighted by Gasteiger charge is -2.37. The molecule has 2 amide bonds. The fourth-order valence-electron chi connectivity index (χ4n) is 5.53. The number of likely N-dealkylation sites (N-methyl/N-ethyl adjacent to an activating group) is 1. The summed E-state index contributed by atoms with van der Waals surface area (Å²) in [5.74, 6) is -1.28. The number of nitrogens with two attached hydrogens (primary N) is 1. The third-order valence-corrected chi connectivity index (χ3v) is 7.32. The molecule has 0 aromatic heterocycles. The Labute approximate surface area is 196 Å². The zero-order valence-electron chi connectivity index (χ0n) is 20.3. The van der Waals surface area contributed by atoms with E-state index in [9.17, 15) is 14.4 Å². The number of primary amides is 1. The van der Waals surface area contributed by atoms with Crippen molar-refractivity contribution in [3.8, 4) is 0 Å². The van der Waals surface area contributed by atoms with Gasteiger partial charge in [-0.25, -0.2) is 0 Å². The number of anilines is 1. The zero-order chi connectivity index (χ0) is 24.1. The van der Waals surface area contributed by atoms with Crippen molar-refractivity contribution < 1.29 is 19.1 Å². The van der Waals surface area contributed by atoms with Gasteiger partial charge in [0.1, 0.15) is 12.6 Å². The van der Waals surface area contributed by atoms with E-state index in [1.54, 1.807) is 11.0 Å². The molecule has 3 saturated heterocycles. The quantitative estimate of drug-likeness (QED) is 0.737. The average molecular weight is 457 g/mol. The summed E-state index contributed by atoms with van der Waals surface area (Å²) in [7, 11) is 2.10. The number of carbonyl (C=O) groups is 3. The van der Waals surface area contributed by atoms with Crippen LogP contribution in [-0.2, 0) is 14.3 Å². The van der Waals surface area contributed by atoms with Crippen LogP contribution in [0.1, 0.15) is 49.5 Å². The molecule has 1 aromatic rings. The third-order valence-electron chi connectivity index (χ3n) is 7.32. The van der Waals surface area contributed by atoms with E-state index in [0.717, 1.165) is 31.9 Å². The number of fused-ring (bicyclic) bond motifs is 1. The minimum atomic E-state index is -0.619. The second-order valence-corrected chi connectivity index (χ2v) is 10.9. The van der Waals surface area contributed by atoms with Crippen molar-refractivity contribution in [3.63, 3.8) is 0 Å². The first-order chi connectivity index (χ1) is 15.5. The van der Waals surface area contributed by atoms with Crippen LogP contribution >= 0.6 is 0 Å². The molecule has 0 spiro atoms. The van der Waals surface area contributed by atoms with Crippen LogP contribution in [0.15, 0.2) is 18.2 Å². The number of Topliss-reactive ketones (excluding diaryl/α,β-unsaturated/α-hetero) is 1. The largest absolute Gasteiger partial charge is 0.369 e. The number of rotatable bonds is 4. The van der Waals surface area contributed by atoms with Crippen molar-refractivity contribution in [3.05, 3.63) is 29.3 Å². The maximum atomic E-state index is 14.1. The van der Waals surface area contributed by atoms with Gasteiger partial charge in [0.05, 0.1) is 12.0 Å². The molecule has 3 heterocycles. The summed E-state index contributed by atoms with van der Waals surface area (Å²) in [6.45, 7) is 12.2. The van der Waals surface area contributed by atoms with E-state index in [1.165, 1.54) is 0 Å². The van der Waals surface area contributed by atoms with Crippen LogP contribution in [0.3, 0.4) is 0 Å². The summed E-state index contributed by atoms with van der Waals surface area (Å²) in [5.41, 5.74) is 7.26. The molecule has 180 valence electrons. The predicted molar refractivity (Wildman–Crippen MR) is 126 cm³/mol. The van der Waals surface area contributed by atoms with E-state index in [2.05, 4.69) is 16.8 Å². The Morgan fingerprint density at radius 2 is 1.82 bits per heavy atom. The lowest BCUT2D eigenvalue weighted by Crippen LogP contribution is -2.47. The van der Waals surface area contributed by atoms with Crippen LogP contribution in [0.2, 0.25) is 0 Å². The van der Waals surface area contributed by atoms with Gasteiger partial charge in [-0.1, -0.05) is 27.7 Å². The van der Waals surface area contributed by atoms with E-state index < -0.39 is 23.3 Å². The van der Waals surface area contributed by atoms with Gasteiger partial charge < -0.3 is 25.2 Å². The summed E-state index contributed by atoms with van der Waals surface area (Å²) < 4.78 is 5.69. The average Bonchev–Trinajstić information content (AvgIpc) is 3.28. The van der Waals surface area contributed by atoms with Crippen molar-refractivity contribution in [1.29, 1.82) is 0 Å². The zero-order valence-corrected chi connectivity index (χ0v) is 20.3. The van der Waals surface area contributed by atoms with Crippen LogP contribution in [0.5, 0.6) is 0 Å². The fourth-order valence-corrected chi connectivity index (χ4v) is 5.53. The highest BCUT2D eigenvalue weighted by molar-refractivity contribution is 5.99. The molecule has 0 bridgehead atoms. The topological polar surface area (TPSA) is 96.2 Å². The SMILES string of the molecule is C[C@@H]1CN(C(=O)[C@H](c2cc(N3CCN(C)CC3)ccc2C(N)=O)C(C)(C)C)[C@@H]2C(=O)CO[C@H]12. The molecule has 3 aliphatic rings. The lowest BCUT2D eigenvalue weighted by molar-refractivity contribution is -0.139. The first-order valence-corrected chi connectivity index (χ1v) is 11.8. The number of carbonyl (C=O) groups excluding carboxylic acids is 3. The Hall–Kier alpha value is -2.45. The Bertz CT molecular complexity index is 948. The molecule has 3 aliphatic heterocycles. The molecule has 0 unspecified atom stereocenters. The van der Waals surface area contributed by atoms with Crippen LogP contribution in [0.4, 0.5) is 5.69 Å². The van der Waals surface area contributed by atoms with Gasteiger partial charge in [0.2, 0.25) is 11.8 Å². The highest BCUT2D eigenvalue weighted by atomic mass is 16.5. The van der Waals surface area contributed by atoms with Gasteiger partial charge in [0, 0.05) is 49.9 Å². The molecule has 3 fully saturated rings. The Kier molecular flexibility index (Phi) is 6.26. The van der Waals surface area contributed by atoms with Gasteiger partial charge in [-0.2, -0.15) is 0 Å². The molecule has 8 nitrogen and oxygen atoms in total. The molecular formula is C25H36N4O4. The Morgan fingerprint density at radius 1 is 1.15 bits per heavy atom. The summed E-state index contributed by atoms with van der Waals surface area (Å²) in [6, 6.07) is 5.08. The van der Waals surface area contributed by atoms with Crippen molar-refractivity contribution in [2.45, 2.75) is 45.8 Å².